The summed E-state index contributed by atoms with van der Waals surface area (Å²) in [6, 6.07) is 4.05. The summed E-state index contributed by atoms with van der Waals surface area (Å²) in [4.78, 5) is 37.8. The van der Waals surface area contributed by atoms with E-state index in [1.807, 2.05) is 54.4 Å². The van der Waals surface area contributed by atoms with Gasteiger partial charge in [0.15, 0.2) is 23.1 Å². The minimum absolute atomic E-state index is 0.247. The van der Waals surface area contributed by atoms with Crippen molar-refractivity contribution in [2.24, 2.45) is 0 Å². The highest BCUT2D eigenvalue weighted by molar-refractivity contribution is 6.28. The van der Waals surface area contributed by atoms with Crippen molar-refractivity contribution in [3.05, 3.63) is 78.6 Å². The molecule has 0 saturated heterocycles. The molecule has 18 nitrogen and oxygen atoms in total. The Morgan fingerprint density at radius 2 is 1.25 bits per heavy atom. The number of nitrogens with two attached hydrogens (primary N) is 1. The normalized spacial score (nSPS) is 15.5. The lowest BCUT2D eigenvalue weighted by atomic mass is 10.2. The smallest absolute Gasteiger partial charge is 0.230 e. The van der Waals surface area contributed by atoms with E-state index in [1.165, 1.54) is 0 Å². The predicted molar refractivity (Wildman–Crippen MR) is 209 cm³/mol. The van der Waals surface area contributed by atoms with E-state index in [1.54, 1.807) is 63.8 Å². The lowest BCUT2D eigenvalue weighted by Gasteiger charge is -2.32. The molecule has 0 saturated carbocycles. The number of nitrogens with zero attached hydrogens (tertiary/aromatic N) is 12. The summed E-state index contributed by atoms with van der Waals surface area (Å²) in [7, 11) is 7.18. The number of ether oxygens (including phenoxy) is 4. The third-order valence-corrected chi connectivity index (χ3v) is 8.95. The van der Waals surface area contributed by atoms with Crippen LogP contribution in [0.4, 0.5) is 29.2 Å². The van der Waals surface area contributed by atoms with Crippen LogP contribution in [-0.4, -0.2) is 103 Å². The molecule has 0 radical (unpaired) electrons. The highest BCUT2D eigenvalue weighted by atomic mass is 35.5. The number of aromatic nitrogens is 10. The van der Waals surface area contributed by atoms with Crippen LogP contribution < -0.4 is 39.8 Å². The highest BCUT2D eigenvalue weighted by Crippen LogP contribution is 2.33. The second-order valence-corrected chi connectivity index (χ2v) is 13.1. The number of likely N-dealkylation sites (N-methyl/N-ethyl adjacent to an activating group) is 2. The van der Waals surface area contributed by atoms with E-state index < -0.39 is 0 Å². The van der Waals surface area contributed by atoms with Crippen molar-refractivity contribution in [1.82, 2.24) is 49.0 Å². The predicted octanol–water partition coefficient (Wildman–Crippen LogP) is 4.85. The Morgan fingerprint density at radius 1 is 0.727 bits per heavy atom. The number of halogens is 1. The molecule has 6 aromatic heterocycles. The Bertz CT molecular complexity index is 2250. The first-order chi connectivity index (χ1) is 26.4. The Kier molecular flexibility index (Phi) is 11.6. The number of fused-ring (bicyclic) bond motifs is 2. The molecule has 0 aromatic carbocycles. The van der Waals surface area contributed by atoms with Crippen LogP contribution in [0, 0.1) is 13.8 Å². The summed E-state index contributed by atoms with van der Waals surface area (Å²) < 4.78 is 25.6. The van der Waals surface area contributed by atoms with Gasteiger partial charge in [-0.3, -0.25) is 0 Å². The van der Waals surface area contributed by atoms with Gasteiger partial charge in [-0.2, -0.15) is 9.97 Å². The molecule has 2 atom stereocenters. The molecule has 6 aromatic rings. The lowest BCUT2D eigenvalue weighted by Crippen LogP contribution is -2.38. The topological polar surface area (TPSA) is 194 Å². The molecule has 0 spiro atoms. The monoisotopic (exact) mass is 770 g/mol. The Hall–Kier alpha value is -6.43. The van der Waals surface area contributed by atoms with E-state index in [4.69, 9.17) is 36.3 Å². The number of methoxy groups -OCH3 is 2. The van der Waals surface area contributed by atoms with Gasteiger partial charge in [0.1, 0.15) is 47.7 Å². The number of hydrogen-bond donors (Lipinski definition) is 2. The first-order valence-electron chi connectivity index (χ1n) is 17.2. The first kappa shape index (κ1) is 38.3. The van der Waals surface area contributed by atoms with Gasteiger partial charge in [0.2, 0.25) is 11.2 Å². The van der Waals surface area contributed by atoms with Crippen LogP contribution in [0.1, 0.15) is 25.2 Å². The van der Waals surface area contributed by atoms with Gasteiger partial charge in [-0.15, -0.1) is 0 Å². The van der Waals surface area contributed by atoms with E-state index >= 15 is 0 Å². The highest BCUT2D eigenvalue weighted by Gasteiger charge is 2.24. The zero-order chi connectivity index (χ0) is 39.2. The minimum Gasteiger partial charge on any atom is -0.494 e. The van der Waals surface area contributed by atoms with Crippen LogP contribution in [0.5, 0.6) is 23.0 Å². The van der Waals surface area contributed by atoms with Gasteiger partial charge in [0.25, 0.3) is 0 Å². The molecule has 2 unspecified atom stereocenters. The zero-order valence-corrected chi connectivity index (χ0v) is 32.6. The number of rotatable bonds is 6. The van der Waals surface area contributed by atoms with Gasteiger partial charge in [-0.05, 0) is 39.3 Å². The molecular weight excluding hydrogens is 728 g/mol. The van der Waals surface area contributed by atoms with Crippen molar-refractivity contribution in [3.63, 3.8) is 0 Å². The number of aryl methyl sites for hydroxylation is 2. The van der Waals surface area contributed by atoms with Crippen LogP contribution in [-0.2, 0) is 0 Å². The zero-order valence-electron chi connectivity index (χ0n) is 31.8. The van der Waals surface area contributed by atoms with Gasteiger partial charge in [-0.25, -0.2) is 29.9 Å². The van der Waals surface area contributed by atoms with Crippen LogP contribution in [0.15, 0.2) is 62.0 Å². The average Bonchev–Trinajstić information content (AvgIpc) is 3.83. The maximum Gasteiger partial charge on any atom is 0.230 e. The molecular formula is C36H43ClN14O4. The number of imidazole rings is 2. The Labute approximate surface area is 323 Å². The largest absolute Gasteiger partial charge is 0.494 e. The third kappa shape index (κ3) is 8.86. The van der Waals surface area contributed by atoms with E-state index in [0.29, 0.717) is 59.8 Å². The molecule has 288 valence electrons. The summed E-state index contributed by atoms with van der Waals surface area (Å²) in [5.74, 6) is 5.70. The number of hydrogen-bond acceptors (Lipinski definition) is 16. The molecule has 0 amide bonds. The van der Waals surface area contributed by atoms with E-state index in [2.05, 4.69) is 63.9 Å². The van der Waals surface area contributed by atoms with Crippen molar-refractivity contribution in [2.75, 3.05) is 62.4 Å². The van der Waals surface area contributed by atoms with Crippen LogP contribution in [0.2, 0.25) is 5.28 Å². The van der Waals surface area contributed by atoms with Gasteiger partial charge < -0.3 is 48.9 Å². The molecule has 8 rings (SSSR count). The molecule has 8 heterocycles. The van der Waals surface area contributed by atoms with Gasteiger partial charge in [0, 0.05) is 38.6 Å². The van der Waals surface area contributed by atoms with Crippen LogP contribution >= 0.6 is 11.6 Å². The Balaban J connectivity index is 0.000000155. The second kappa shape index (κ2) is 16.7. The number of nitrogens with one attached hydrogen (secondary N) is 1. The van der Waals surface area contributed by atoms with Crippen molar-refractivity contribution in [1.29, 1.82) is 0 Å². The third-order valence-electron chi connectivity index (χ3n) is 8.77. The fraction of sp³-hybridized carbons (Fsp3) is 0.333. The summed E-state index contributed by atoms with van der Waals surface area (Å²) in [6.45, 7) is 9.29. The van der Waals surface area contributed by atoms with Crippen molar-refractivity contribution in [3.8, 4) is 34.4 Å². The van der Waals surface area contributed by atoms with Crippen molar-refractivity contribution >= 4 is 40.8 Å². The maximum atomic E-state index is 5.69. The van der Waals surface area contributed by atoms with Gasteiger partial charge in [-0.1, -0.05) is 0 Å². The summed E-state index contributed by atoms with van der Waals surface area (Å²) in [5.41, 5.74) is 9.06. The minimum atomic E-state index is 0.247. The fourth-order valence-electron chi connectivity index (χ4n) is 5.41. The molecule has 0 bridgehead atoms. The number of nitrogen functional groups attached to an aromatic ring is 1. The van der Waals surface area contributed by atoms with Crippen molar-refractivity contribution < 1.29 is 18.9 Å². The molecule has 55 heavy (non-hydrogen) atoms. The van der Waals surface area contributed by atoms with Crippen molar-refractivity contribution in [2.45, 2.75) is 39.8 Å². The molecule has 2 aliphatic rings. The summed E-state index contributed by atoms with van der Waals surface area (Å²) in [5, 5.41) is 3.38. The summed E-state index contributed by atoms with van der Waals surface area (Å²) >= 11 is 5.69. The molecule has 0 aliphatic carbocycles. The number of pyridine rings is 2. The number of anilines is 5. The fourth-order valence-corrected chi connectivity index (χ4v) is 5.54. The summed E-state index contributed by atoms with van der Waals surface area (Å²) in [6.07, 6.45) is 13.9. The maximum absolute atomic E-state index is 5.69. The molecule has 0 fully saturated rings. The van der Waals surface area contributed by atoms with E-state index in [9.17, 15) is 0 Å². The second-order valence-electron chi connectivity index (χ2n) is 12.7. The van der Waals surface area contributed by atoms with Gasteiger partial charge in [0.05, 0.1) is 75.1 Å². The Morgan fingerprint density at radius 3 is 1.80 bits per heavy atom. The average molecular weight is 771 g/mol. The van der Waals surface area contributed by atoms with E-state index in [0.717, 1.165) is 34.4 Å². The molecule has 19 heteroatoms. The van der Waals surface area contributed by atoms with Gasteiger partial charge >= 0.3 is 0 Å². The van der Waals surface area contributed by atoms with Crippen LogP contribution in [0.3, 0.4) is 0 Å². The van der Waals surface area contributed by atoms with E-state index in [-0.39, 0.29) is 11.3 Å². The quantitative estimate of drug-likeness (QED) is 0.218. The standard InChI is InChI=1S/C18H21N7O2.C10H12N4O.C8H10ClN3O/c1-11-8-25(10-21-11)13-6-19-16(5-14(13)26-4)22-18-20-7-15-17(23-18)24(3)12(2)9-27-15;1-7-5-14(6-13-7)8-4-12-10(11)3-9(8)15-2;1-5-4-13-6-3-10-8(9)11-7(6)12(5)2/h5-8,10,12H,9H2,1-4H3,(H,19,20,22,23);3-6H,1-2H3,(H2,11,12);3,5H,4H2,1-2H3. The SMILES string of the molecule is CC1COc2cnc(Cl)nc2N1C.COc1cc(N)ncc1-n1cnc(C)c1.COc1cc(Nc2ncc3c(n2)N(C)C(C)CO3)ncc1-n1cnc(C)c1. The molecule has 3 N–H and O–H groups in total. The first-order valence-corrected chi connectivity index (χ1v) is 17.5. The van der Waals surface area contributed by atoms with Crippen LogP contribution in [0.25, 0.3) is 11.4 Å². The molecule has 2 aliphatic heterocycles. The lowest BCUT2D eigenvalue weighted by molar-refractivity contribution is 0.271.